The molecule has 4 nitrogen and oxygen atoms in total. The Morgan fingerprint density at radius 2 is 1.93 bits per heavy atom. The van der Waals surface area contributed by atoms with Crippen LogP contribution in [-0.2, 0) is 16.0 Å². The van der Waals surface area contributed by atoms with Gasteiger partial charge < -0.3 is 4.90 Å². The highest BCUT2D eigenvalue weighted by molar-refractivity contribution is 5.85. The molecule has 148 valence electrons. The maximum Gasteiger partial charge on any atom is 0.226 e. The highest BCUT2D eigenvalue weighted by atomic mass is 16.2. The lowest BCUT2D eigenvalue weighted by Crippen LogP contribution is -2.26. The van der Waals surface area contributed by atoms with Gasteiger partial charge in [-0.2, -0.15) is 0 Å². The molecule has 2 atom stereocenters. The second-order valence-electron chi connectivity index (χ2n) is 7.83. The maximum atomic E-state index is 11.8. The molecule has 0 radical (unpaired) electrons. The molecule has 4 heteroatoms. The van der Waals surface area contributed by atoms with E-state index in [1.54, 1.807) is 0 Å². The third kappa shape index (κ3) is 5.77. The van der Waals surface area contributed by atoms with Crippen LogP contribution in [-0.4, -0.2) is 36.9 Å². The summed E-state index contributed by atoms with van der Waals surface area (Å²) in [5.41, 5.74) is 3.99. The molecule has 2 aromatic rings. The lowest BCUT2D eigenvalue weighted by atomic mass is 9.82. The number of imide groups is 1. The predicted octanol–water partition coefficient (Wildman–Crippen LogP) is 3.70. The average molecular weight is 379 g/mol. The maximum absolute atomic E-state index is 11.8. The minimum absolute atomic E-state index is 0.190. The third-order valence-corrected chi connectivity index (χ3v) is 5.85. The fourth-order valence-corrected chi connectivity index (χ4v) is 4.24. The van der Waals surface area contributed by atoms with Crippen LogP contribution in [0.25, 0.3) is 0 Å². The summed E-state index contributed by atoms with van der Waals surface area (Å²) in [4.78, 5) is 24.8. The van der Waals surface area contributed by atoms with Crippen LogP contribution in [0.2, 0.25) is 0 Å². The molecule has 1 N–H and O–H groups in total. The van der Waals surface area contributed by atoms with Crippen molar-refractivity contribution in [2.24, 2.45) is 5.92 Å². The molecule has 3 rings (SSSR count). The Morgan fingerprint density at radius 3 is 2.64 bits per heavy atom. The van der Waals surface area contributed by atoms with Gasteiger partial charge in [0.1, 0.15) is 0 Å². The molecule has 1 fully saturated rings. The van der Waals surface area contributed by atoms with Crippen molar-refractivity contribution in [3.63, 3.8) is 0 Å². The lowest BCUT2D eigenvalue weighted by Gasteiger charge is -2.24. The standard InChI is InChI=1S/C24H30N2O2/c1-19-7-9-20(10-8-19)13-15-26-16-14-22(17-26)23(11-12-24(28)25-18-27)21-5-3-2-4-6-21/h2-10,18,22-23H,11-17H2,1H3,(H,25,27,28)/t22-,23?/m1/s1. The quantitative estimate of drug-likeness (QED) is 0.677. The van der Waals surface area contributed by atoms with Gasteiger partial charge in [0.15, 0.2) is 0 Å². The summed E-state index contributed by atoms with van der Waals surface area (Å²) in [5, 5.41) is 2.26. The van der Waals surface area contributed by atoms with Crippen LogP contribution < -0.4 is 5.32 Å². The minimum atomic E-state index is -0.190. The first-order chi connectivity index (χ1) is 13.7. The summed E-state index contributed by atoms with van der Waals surface area (Å²) in [7, 11) is 0. The molecule has 2 amide bonds. The number of hydrogen-bond acceptors (Lipinski definition) is 3. The molecule has 0 aromatic heterocycles. The number of aryl methyl sites for hydroxylation is 1. The number of rotatable bonds is 9. The molecule has 0 bridgehead atoms. The van der Waals surface area contributed by atoms with E-state index in [1.807, 2.05) is 6.07 Å². The summed E-state index contributed by atoms with van der Waals surface area (Å²) < 4.78 is 0. The van der Waals surface area contributed by atoms with Crippen molar-refractivity contribution in [2.75, 3.05) is 19.6 Å². The first-order valence-electron chi connectivity index (χ1n) is 10.2. The van der Waals surface area contributed by atoms with Crippen molar-refractivity contribution in [3.05, 3.63) is 71.3 Å². The van der Waals surface area contributed by atoms with Gasteiger partial charge in [0.2, 0.25) is 12.3 Å². The summed E-state index contributed by atoms with van der Waals surface area (Å²) in [6.07, 6.45) is 3.87. The molecule has 1 aliphatic rings. The summed E-state index contributed by atoms with van der Waals surface area (Å²) in [6.45, 7) is 5.38. The molecular weight excluding hydrogens is 348 g/mol. The first kappa shape index (κ1) is 20.3. The van der Waals surface area contributed by atoms with Gasteiger partial charge in [0, 0.05) is 19.5 Å². The van der Waals surface area contributed by atoms with Crippen LogP contribution in [0.3, 0.4) is 0 Å². The topological polar surface area (TPSA) is 49.4 Å². The second-order valence-corrected chi connectivity index (χ2v) is 7.83. The lowest BCUT2D eigenvalue weighted by molar-refractivity contribution is -0.125. The van der Waals surface area contributed by atoms with Crippen LogP contribution in [0.4, 0.5) is 0 Å². The van der Waals surface area contributed by atoms with Gasteiger partial charge in [0.25, 0.3) is 0 Å². The molecule has 2 aromatic carbocycles. The number of nitrogens with zero attached hydrogens (tertiary/aromatic N) is 1. The van der Waals surface area contributed by atoms with Gasteiger partial charge >= 0.3 is 0 Å². The Bertz CT molecular complexity index is 758. The van der Waals surface area contributed by atoms with Gasteiger partial charge in [-0.05, 0) is 55.7 Å². The smallest absolute Gasteiger partial charge is 0.226 e. The van der Waals surface area contributed by atoms with Crippen LogP contribution >= 0.6 is 0 Å². The average Bonchev–Trinajstić information content (AvgIpc) is 3.17. The number of hydrogen-bond donors (Lipinski definition) is 1. The highest BCUT2D eigenvalue weighted by Crippen LogP contribution is 2.35. The van der Waals surface area contributed by atoms with E-state index in [0.717, 1.165) is 38.9 Å². The first-order valence-corrected chi connectivity index (χ1v) is 10.2. The van der Waals surface area contributed by atoms with Crippen LogP contribution in [0.1, 0.15) is 41.9 Å². The van der Waals surface area contributed by atoms with Gasteiger partial charge in [-0.3, -0.25) is 14.9 Å². The van der Waals surface area contributed by atoms with Crippen LogP contribution in [0.5, 0.6) is 0 Å². The molecule has 1 heterocycles. The number of benzene rings is 2. The van der Waals surface area contributed by atoms with Crippen molar-refractivity contribution >= 4 is 12.3 Å². The summed E-state index contributed by atoms with van der Waals surface area (Å²) in [5.74, 6) is 0.706. The van der Waals surface area contributed by atoms with E-state index >= 15 is 0 Å². The van der Waals surface area contributed by atoms with Crippen molar-refractivity contribution in [3.8, 4) is 0 Å². The van der Waals surface area contributed by atoms with Gasteiger partial charge in [-0.25, -0.2) is 0 Å². The second kappa shape index (κ2) is 10.2. The Balaban J connectivity index is 1.58. The minimum Gasteiger partial charge on any atom is -0.303 e. The van der Waals surface area contributed by atoms with E-state index in [1.165, 1.54) is 16.7 Å². The fraction of sp³-hybridized carbons (Fsp3) is 0.417. The van der Waals surface area contributed by atoms with Crippen molar-refractivity contribution in [2.45, 2.75) is 38.5 Å². The zero-order valence-electron chi connectivity index (χ0n) is 16.6. The molecule has 1 saturated heterocycles. The number of carbonyl (C=O) groups excluding carboxylic acids is 2. The van der Waals surface area contributed by atoms with E-state index in [2.05, 4.69) is 65.7 Å². The number of likely N-dealkylation sites (tertiary alicyclic amines) is 1. The molecule has 28 heavy (non-hydrogen) atoms. The number of carbonyl (C=O) groups is 2. The van der Waals surface area contributed by atoms with Crippen molar-refractivity contribution in [1.82, 2.24) is 10.2 Å². The SMILES string of the molecule is Cc1ccc(CCN2CC[C@@H](C(CCC(=O)NC=O)c3ccccc3)C2)cc1. The van der Waals surface area contributed by atoms with Crippen LogP contribution in [0, 0.1) is 12.8 Å². The van der Waals surface area contributed by atoms with Gasteiger partial charge in [-0.15, -0.1) is 0 Å². The normalized spacial score (nSPS) is 18.0. The fourth-order valence-electron chi connectivity index (χ4n) is 4.24. The Labute approximate surface area is 167 Å². The predicted molar refractivity (Wildman–Crippen MR) is 112 cm³/mol. The third-order valence-electron chi connectivity index (χ3n) is 5.85. The zero-order valence-corrected chi connectivity index (χ0v) is 16.6. The molecule has 1 unspecified atom stereocenters. The van der Waals surface area contributed by atoms with E-state index in [9.17, 15) is 9.59 Å². The monoisotopic (exact) mass is 378 g/mol. The Kier molecular flexibility index (Phi) is 7.38. The largest absolute Gasteiger partial charge is 0.303 e. The van der Waals surface area contributed by atoms with Crippen molar-refractivity contribution < 1.29 is 9.59 Å². The number of nitrogens with one attached hydrogen (secondary N) is 1. The Hall–Kier alpha value is -2.46. The number of amides is 2. The van der Waals surface area contributed by atoms with Crippen LogP contribution in [0.15, 0.2) is 54.6 Å². The zero-order chi connectivity index (χ0) is 19.8. The van der Waals surface area contributed by atoms with Gasteiger partial charge in [0.05, 0.1) is 0 Å². The van der Waals surface area contributed by atoms with Crippen molar-refractivity contribution in [1.29, 1.82) is 0 Å². The molecular formula is C24H30N2O2. The van der Waals surface area contributed by atoms with E-state index in [4.69, 9.17) is 0 Å². The highest BCUT2D eigenvalue weighted by Gasteiger charge is 2.30. The van der Waals surface area contributed by atoms with E-state index < -0.39 is 0 Å². The van der Waals surface area contributed by atoms with Gasteiger partial charge in [-0.1, -0.05) is 60.2 Å². The summed E-state index contributed by atoms with van der Waals surface area (Å²) >= 11 is 0. The molecule has 0 saturated carbocycles. The van der Waals surface area contributed by atoms with E-state index in [-0.39, 0.29) is 5.91 Å². The molecule has 0 aliphatic carbocycles. The Morgan fingerprint density at radius 1 is 1.18 bits per heavy atom. The van der Waals surface area contributed by atoms with E-state index in [0.29, 0.717) is 24.7 Å². The molecule has 0 spiro atoms. The summed E-state index contributed by atoms with van der Waals surface area (Å²) in [6, 6.07) is 19.3. The molecule has 1 aliphatic heterocycles.